The summed E-state index contributed by atoms with van der Waals surface area (Å²) in [5, 5.41) is 8.38. The van der Waals surface area contributed by atoms with Crippen LogP contribution in [-0.2, 0) is 6.42 Å². The Hall–Kier alpha value is -3.02. The molecule has 1 aliphatic rings. The lowest BCUT2D eigenvalue weighted by molar-refractivity contribution is 0.404. The van der Waals surface area contributed by atoms with E-state index >= 15 is 0 Å². The van der Waals surface area contributed by atoms with Crippen LogP contribution < -0.4 is 14.8 Å². The first kappa shape index (κ1) is 17.4. The van der Waals surface area contributed by atoms with Crippen LogP contribution in [0.3, 0.4) is 0 Å². The highest BCUT2D eigenvalue weighted by Crippen LogP contribution is 2.39. The molecule has 1 N–H and O–H groups in total. The summed E-state index contributed by atoms with van der Waals surface area (Å²) in [6.45, 7) is 0.884. The van der Waals surface area contributed by atoms with Gasteiger partial charge in [0.25, 0.3) is 0 Å². The first-order valence-electron chi connectivity index (χ1n) is 9.05. The number of halogens is 1. The summed E-state index contributed by atoms with van der Waals surface area (Å²) in [6, 6.07) is 12.1. The molecule has 2 aromatic carbocycles. The predicted octanol–water partition coefficient (Wildman–Crippen LogP) is 4.44. The van der Waals surface area contributed by atoms with E-state index in [-0.39, 0.29) is 5.82 Å². The number of aromatic nitrogens is 2. The number of benzene rings is 2. The molecule has 140 valence electrons. The van der Waals surface area contributed by atoms with Crippen molar-refractivity contribution in [3.05, 3.63) is 53.8 Å². The van der Waals surface area contributed by atoms with Crippen LogP contribution in [0.1, 0.15) is 18.4 Å². The van der Waals surface area contributed by atoms with Crippen molar-refractivity contribution in [1.82, 2.24) is 9.78 Å². The van der Waals surface area contributed by atoms with Crippen LogP contribution in [0.15, 0.2) is 42.5 Å². The van der Waals surface area contributed by atoms with Crippen LogP contribution in [0.25, 0.3) is 16.9 Å². The van der Waals surface area contributed by atoms with Crippen molar-refractivity contribution in [2.24, 2.45) is 0 Å². The molecule has 0 amide bonds. The Kier molecular flexibility index (Phi) is 4.71. The number of methoxy groups -OCH3 is 2. The summed E-state index contributed by atoms with van der Waals surface area (Å²) in [5.74, 6) is 2.18. The quantitative estimate of drug-likeness (QED) is 0.740. The zero-order valence-electron chi connectivity index (χ0n) is 15.5. The summed E-state index contributed by atoms with van der Waals surface area (Å²) in [7, 11) is 3.30. The van der Waals surface area contributed by atoms with Crippen molar-refractivity contribution in [2.45, 2.75) is 19.3 Å². The third-order valence-corrected chi connectivity index (χ3v) is 4.86. The minimum Gasteiger partial charge on any atom is -0.497 e. The number of rotatable bonds is 4. The minimum absolute atomic E-state index is 0.264. The Morgan fingerprint density at radius 3 is 2.59 bits per heavy atom. The third kappa shape index (κ3) is 3.23. The van der Waals surface area contributed by atoms with E-state index in [1.165, 1.54) is 12.1 Å². The van der Waals surface area contributed by atoms with Crippen LogP contribution >= 0.6 is 0 Å². The van der Waals surface area contributed by atoms with Gasteiger partial charge in [0.2, 0.25) is 0 Å². The molecule has 0 saturated heterocycles. The second-order valence-electron chi connectivity index (χ2n) is 6.51. The lowest BCUT2D eigenvalue weighted by Gasteiger charge is -2.10. The first-order valence-corrected chi connectivity index (χ1v) is 9.05. The van der Waals surface area contributed by atoms with E-state index in [2.05, 4.69) is 5.32 Å². The van der Waals surface area contributed by atoms with Gasteiger partial charge >= 0.3 is 0 Å². The second kappa shape index (κ2) is 7.31. The number of fused-ring (bicyclic) bond motifs is 1. The molecule has 0 spiro atoms. The van der Waals surface area contributed by atoms with Gasteiger partial charge in [-0.05, 0) is 61.7 Å². The fourth-order valence-electron chi connectivity index (χ4n) is 3.49. The van der Waals surface area contributed by atoms with Gasteiger partial charge in [0.1, 0.15) is 28.8 Å². The number of hydrogen-bond acceptors (Lipinski definition) is 4. The SMILES string of the molecule is COc1ccc(OC)c(-c2nn(-c3ccc(F)cc3)c3c2CCCCN3)c1. The van der Waals surface area contributed by atoms with E-state index in [1.807, 2.05) is 22.9 Å². The molecule has 6 heteroatoms. The van der Waals surface area contributed by atoms with E-state index in [4.69, 9.17) is 14.6 Å². The Bertz CT molecular complexity index is 951. The van der Waals surface area contributed by atoms with Gasteiger partial charge in [0, 0.05) is 17.7 Å². The summed E-state index contributed by atoms with van der Waals surface area (Å²) in [5.41, 5.74) is 3.70. The maximum Gasteiger partial charge on any atom is 0.133 e. The van der Waals surface area contributed by atoms with E-state index < -0.39 is 0 Å². The zero-order chi connectivity index (χ0) is 18.8. The maximum absolute atomic E-state index is 13.4. The van der Waals surface area contributed by atoms with Gasteiger partial charge in [-0.1, -0.05) is 0 Å². The average Bonchev–Trinajstić information content (AvgIpc) is 2.89. The van der Waals surface area contributed by atoms with Crippen LogP contribution in [0.2, 0.25) is 0 Å². The number of nitrogens with zero attached hydrogens (tertiary/aromatic N) is 2. The highest BCUT2D eigenvalue weighted by molar-refractivity contribution is 5.76. The van der Waals surface area contributed by atoms with Gasteiger partial charge in [0.15, 0.2) is 0 Å². The molecular formula is C21H22FN3O2. The van der Waals surface area contributed by atoms with Gasteiger partial charge in [0.05, 0.1) is 19.9 Å². The lowest BCUT2D eigenvalue weighted by Crippen LogP contribution is -2.07. The third-order valence-electron chi connectivity index (χ3n) is 4.86. The molecule has 0 radical (unpaired) electrons. The fourth-order valence-corrected chi connectivity index (χ4v) is 3.49. The van der Waals surface area contributed by atoms with Crippen LogP contribution in [0.4, 0.5) is 10.2 Å². The molecule has 0 saturated carbocycles. The van der Waals surface area contributed by atoms with Crippen LogP contribution in [-0.4, -0.2) is 30.5 Å². The lowest BCUT2D eigenvalue weighted by atomic mass is 10.0. The van der Waals surface area contributed by atoms with E-state index in [1.54, 1.807) is 26.4 Å². The highest BCUT2D eigenvalue weighted by Gasteiger charge is 2.24. The Morgan fingerprint density at radius 2 is 1.85 bits per heavy atom. The average molecular weight is 367 g/mol. The first-order chi connectivity index (χ1) is 13.2. The number of nitrogens with one attached hydrogen (secondary N) is 1. The number of hydrogen-bond donors (Lipinski definition) is 1. The minimum atomic E-state index is -0.264. The zero-order valence-corrected chi connectivity index (χ0v) is 15.5. The standard InChI is InChI=1S/C21H22FN3O2/c1-26-16-10-11-19(27-2)18(13-16)20-17-5-3-4-12-23-21(17)25(24-20)15-8-6-14(22)7-9-15/h6-11,13,23H,3-5,12H2,1-2H3. The molecule has 5 nitrogen and oxygen atoms in total. The molecule has 0 fully saturated rings. The second-order valence-corrected chi connectivity index (χ2v) is 6.51. The van der Waals surface area contributed by atoms with Gasteiger partial charge in [-0.15, -0.1) is 0 Å². The molecule has 0 aliphatic carbocycles. The normalized spacial score (nSPS) is 13.4. The Morgan fingerprint density at radius 1 is 1.04 bits per heavy atom. The number of anilines is 1. The molecule has 0 atom stereocenters. The van der Waals surface area contributed by atoms with Gasteiger partial charge in [-0.3, -0.25) is 0 Å². The maximum atomic E-state index is 13.4. The van der Waals surface area contributed by atoms with Gasteiger partial charge in [-0.2, -0.15) is 5.10 Å². The van der Waals surface area contributed by atoms with Crippen molar-refractivity contribution in [2.75, 3.05) is 26.1 Å². The predicted molar refractivity (Wildman–Crippen MR) is 103 cm³/mol. The molecule has 2 heterocycles. The van der Waals surface area contributed by atoms with Crippen molar-refractivity contribution in [3.8, 4) is 28.4 Å². The van der Waals surface area contributed by atoms with Gasteiger partial charge < -0.3 is 14.8 Å². The highest BCUT2D eigenvalue weighted by atomic mass is 19.1. The molecule has 0 bridgehead atoms. The van der Waals surface area contributed by atoms with E-state index in [9.17, 15) is 4.39 Å². The van der Waals surface area contributed by atoms with Crippen molar-refractivity contribution in [3.63, 3.8) is 0 Å². The summed E-state index contributed by atoms with van der Waals surface area (Å²) >= 11 is 0. The monoisotopic (exact) mass is 367 g/mol. The molecule has 1 aliphatic heterocycles. The summed E-state index contributed by atoms with van der Waals surface area (Å²) in [6.07, 6.45) is 3.08. The topological polar surface area (TPSA) is 48.3 Å². The van der Waals surface area contributed by atoms with Crippen molar-refractivity contribution in [1.29, 1.82) is 0 Å². The molecule has 27 heavy (non-hydrogen) atoms. The summed E-state index contributed by atoms with van der Waals surface area (Å²) < 4.78 is 26.2. The fraction of sp³-hybridized carbons (Fsp3) is 0.286. The van der Waals surface area contributed by atoms with Crippen LogP contribution in [0.5, 0.6) is 11.5 Å². The van der Waals surface area contributed by atoms with E-state index in [0.29, 0.717) is 0 Å². The summed E-state index contributed by atoms with van der Waals surface area (Å²) in [4.78, 5) is 0. The van der Waals surface area contributed by atoms with Crippen molar-refractivity contribution >= 4 is 5.82 Å². The van der Waals surface area contributed by atoms with Gasteiger partial charge in [-0.25, -0.2) is 9.07 Å². The molecule has 3 aromatic rings. The van der Waals surface area contributed by atoms with E-state index in [0.717, 1.165) is 65.6 Å². The molecular weight excluding hydrogens is 345 g/mol. The largest absolute Gasteiger partial charge is 0.497 e. The van der Waals surface area contributed by atoms with Crippen LogP contribution in [0, 0.1) is 5.82 Å². The van der Waals surface area contributed by atoms with Crippen molar-refractivity contribution < 1.29 is 13.9 Å². The Balaban J connectivity index is 1.93. The molecule has 0 unspecified atom stereocenters. The molecule has 4 rings (SSSR count). The number of ether oxygens (including phenoxy) is 2. The Labute approximate surface area is 157 Å². The smallest absolute Gasteiger partial charge is 0.133 e. The molecule has 1 aromatic heterocycles.